The maximum absolute atomic E-state index is 2.47. The summed E-state index contributed by atoms with van der Waals surface area (Å²) in [5, 5.41) is 0. The van der Waals surface area contributed by atoms with Crippen molar-refractivity contribution < 1.29 is 0 Å². The second-order valence-corrected chi connectivity index (χ2v) is 9.52. The van der Waals surface area contributed by atoms with E-state index in [1.54, 1.807) is 0 Å². The van der Waals surface area contributed by atoms with Gasteiger partial charge in [-0.3, -0.25) is 0 Å². The minimum Gasteiger partial charge on any atom is -0.0654 e. The van der Waals surface area contributed by atoms with Crippen LogP contribution in [0.1, 0.15) is 132 Å². The molecule has 0 aliphatic heterocycles. The molecule has 0 aromatic rings. The van der Waals surface area contributed by atoms with Crippen LogP contribution in [0.15, 0.2) is 0 Å². The zero-order valence-corrected chi connectivity index (χ0v) is 18.4. The SMILES string of the molecule is CCCCC(CCCC)C(CC(C)(C)C)C(CCCC)CCCC. The summed E-state index contributed by atoms with van der Waals surface area (Å²) in [4.78, 5) is 0. The topological polar surface area (TPSA) is 0 Å². The van der Waals surface area contributed by atoms with Crippen LogP contribution in [0.5, 0.6) is 0 Å². The fraction of sp³-hybridized carbons (Fsp3) is 1.00. The highest BCUT2D eigenvalue weighted by Gasteiger charge is 2.31. The molecule has 0 radical (unpaired) electrons. The first-order valence-corrected chi connectivity index (χ1v) is 11.4. The van der Waals surface area contributed by atoms with E-state index in [0.717, 1.165) is 17.8 Å². The molecular formula is C24H50. The molecule has 0 unspecified atom stereocenters. The molecule has 0 saturated heterocycles. The molecule has 0 amide bonds. The molecule has 0 nitrogen and oxygen atoms in total. The number of hydrogen-bond acceptors (Lipinski definition) is 0. The van der Waals surface area contributed by atoms with Crippen molar-refractivity contribution in [3.8, 4) is 0 Å². The van der Waals surface area contributed by atoms with E-state index in [-0.39, 0.29) is 0 Å². The largest absolute Gasteiger partial charge is 0.0654 e. The minimum absolute atomic E-state index is 0.470. The number of hydrogen-bond donors (Lipinski definition) is 0. The fourth-order valence-electron chi connectivity index (χ4n) is 4.44. The van der Waals surface area contributed by atoms with Crippen molar-refractivity contribution in [2.45, 2.75) is 132 Å². The predicted molar refractivity (Wildman–Crippen MR) is 113 cm³/mol. The Morgan fingerprint density at radius 1 is 0.542 bits per heavy atom. The molecule has 0 aliphatic rings. The minimum atomic E-state index is 0.470. The third-order valence-electron chi connectivity index (χ3n) is 5.77. The maximum Gasteiger partial charge on any atom is -0.0352 e. The Morgan fingerprint density at radius 2 is 0.833 bits per heavy atom. The van der Waals surface area contributed by atoms with Crippen molar-refractivity contribution >= 4 is 0 Å². The van der Waals surface area contributed by atoms with E-state index in [2.05, 4.69) is 48.5 Å². The van der Waals surface area contributed by atoms with E-state index < -0.39 is 0 Å². The van der Waals surface area contributed by atoms with E-state index in [1.165, 1.54) is 83.5 Å². The summed E-state index contributed by atoms with van der Waals surface area (Å²) in [5.74, 6) is 2.91. The van der Waals surface area contributed by atoms with Crippen molar-refractivity contribution in [1.82, 2.24) is 0 Å². The van der Waals surface area contributed by atoms with Crippen LogP contribution in [0.25, 0.3) is 0 Å². The summed E-state index contributed by atoms with van der Waals surface area (Å²) in [6, 6.07) is 0. The summed E-state index contributed by atoms with van der Waals surface area (Å²) < 4.78 is 0. The monoisotopic (exact) mass is 338 g/mol. The molecule has 0 aromatic carbocycles. The van der Waals surface area contributed by atoms with Crippen LogP contribution in [0.3, 0.4) is 0 Å². The third-order valence-corrected chi connectivity index (χ3v) is 5.77. The summed E-state index contributed by atoms with van der Waals surface area (Å²) >= 11 is 0. The Kier molecular flexibility index (Phi) is 14.2. The summed E-state index contributed by atoms with van der Waals surface area (Å²) in [6.45, 7) is 16.8. The van der Waals surface area contributed by atoms with Gasteiger partial charge in [0.2, 0.25) is 0 Å². The highest BCUT2D eigenvalue weighted by Crippen LogP contribution is 2.42. The van der Waals surface area contributed by atoms with Gasteiger partial charge in [0.15, 0.2) is 0 Å². The lowest BCUT2D eigenvalue weighted by molar-refractivity contribution is 0.120. The van der Waals surface area contributed by atoms with Crippen LogP contribution in [0.4, 0.5) is 0 Å². The Balaban J connectivity index is 5.24. The van der Waals surface area contributed by atoms with E-state index in [1.807, 2.05) is 0 Å². The summed E-state index contributed by atoms with van der Waals surface area (Å²) in [6.07, 6.45) is 18.5. The average molecular weight is 339 g/mol. The second kappa shape index (κ2) is 14.2. The maximum atomic E-state index is 2.47. The molecule has 0 fully saturated rings. The zero-order chi connectivity index (χ0) is 18.4. The molecule has 0 heteroatoms. The van der Waals surface area contributed by atoms with Crippen molar-refractivity contribution in [2.24, 2.45) is 23.2 Å². The van der Waals surface area contributed by atoms with E-state index in [4.69, 9.17) is 0 Å². The van der Waals surface area contributed by atoms with Crippen LogP contribution in [-0.2, 0) is 0 Å². The van der Waals surface area contributed by atoms with Gasteiger partial charge < -0.3 is 0 Å². The standard InChI is InChI=1S/C24H50/c1-8-12-16-21(17-13-9-2)23(20-24(5,6)7)22(18-14-10-3)19-15-11-4/h21-23H,8-20H2,1-7H3. The highest BCUT2D eigenvalue weighted by molar-refractivity contribution is 4.82. The second-order valence-electron chi connectivity index (χ2n) is 9.52. The summed E-state index contributed by atoms with van der Waals surface area (Å²) in [7, 11) is 0. The normalized spacial score (nSPS) is 12.8. The third kappa shape index (κ3) is 11.5. The molecule has 0 saturated carbocycles. The van der Waals surface area contributed by atoms with Crippen LogP contribution in [0, 0.1) is 23.2 Å². The lowest BCUT2D eigenvalue weighted by Gasteiger charge is -2.38. The predicted octanol–water partition coefficient (Wildman–Crippen LogP) is 9.03. The Labute approximate surface area is 155 Å². The Hall–Kier alpha value is 0. The van der Waals surface area contributed by atoms with Gasteiger partial charge in [-0.05, 0) is 29.6 Å². The molecule has 0 rings (SSSR count). The highest BCUT2D eigenvalue weighted by atomic mass is 14.4. The first-order chi connectivity index (χ1) is 11.4. The fourth-order valence-corrected chi connectivity index (χ4v) is 4.44. The van der Waals surface area contributed by atoms with Gasteiger partial charge in [0.1, 0.15) is 0 Å². The van der Waals surface area contributed by atoms with Crippen LogP contribution >= 0.6 is 0 Å². The zero-order valence-electron chi connectivity index (χ0n) is 18.4. The number of rotatable bonds is 15. The van der Waals surface area contributed by atoms with E-state index in [9.17, 15) is 0 Å². The van der Waals surface area contributed by atoms with Crippen molar-refractivity contribution in [1.29, 1.82) is 0 Å². The molecule has 0 atom stereocenters. The molecule has 0 heterocycles. The number of unbranched alkanes of at least 4 members (excludes halogenated alkanes) is 4. The van der Waals surface area contributed by atoms with Gasteiger partial charge in [-0.15, -0.1) is 0 Å². The van der Waals surface area contributed by atoms with Gasteiger partial charge in [0, 0.05) is 0 Å². The van der Waals surface area contributed by atoms with Crippen molar-refractivity contribution in [3.05, 3.63) is 0 Å². The Morgan fingerprint density at radius 3 is 1.04 bits per heavy atom. The van der Waals surface area contributed by atoms with E-state index in [0.29, 0.717) is 5.41 Å². The van der Waals surface area contributed by atoms with Gasteiger partial charge in [-0.2, -0.15) is 0 Å². The lowest BCUT2D eigenvalue weighted by atomic mass is 9.67. The first-order valence-electron chi connectivity index (χ1n) is 11.4. The molecule has 146 valence electrons. The first kappa shape index (κ1) is 24.0. The van der Waals surface area contributed by atoms with Gasteiger partial charge in [0.25, 0.3) is 0 Å². The molecule has 0 aromatic heterocycles. The lowest BCUT2D eigenvalue weighted by Crippen LogP contribution is -2.29. The molecule has 0 aliphatic carbocycles. The van der Waals surface area contributed by atoms with E-state index >= 15 is 0 Å². The van der Waals surface area contributed by atoms with Gasteiger partial charge in [0.05, 0.1) is 0 Å². The Bertz CT molecular complexity index is 224. The molecule has 24 heavy (non-hydrogen) atoms. The van der Waals surface area contributed by atoms with Crippen molar-refractivity contribution in [2.75, 3.05) is 0 Å². The van der Waals surface area contributed by atoms with Gasteiger partial charge >= 0.3 is 0 Å². The average Bonchev–Trinajstić information content (AvgIpc) is 2.53. The molecule has 0 N–H and O–H groups in total. The van der Waals surface area contributed by atoms with Gasteiger partial charge in [-0.1, -0.05) is 126 Å². The van der Waals surface area contributed by atoms with Crippen LogP contribution < -0.4 is 0 Å². The quantitative estimate of drug-likeness (QED) is 0.279. The molecular weight excluding hydrogens is 288 g/mol. The molecule has 0 bridgehead atoms. The van der Waals surface area contributed by atoms with Crippen LogP contribution in [-0.4, -0.2) is 0 Å². The van der Waals surface area contributed by atoms with Crippen molar-refractivity contribution in [3.63, 3.8) is 0 Å². The summed E-state index contributed by atoms with van der Waals surface area (Å²) in [5.41, 5.74) is 0.470. The van der Waals surface area contributed by atoms with Crippen LogP contribution in [0.2, 0.25) is 0 Å². The molecule has 0 spiro atoms. The smallest absolute Gasteiger partial charge is 0.0352 e. The van der Waals surface area contributed by atoms with Gasteiger partial charge in [-0.25, -0.2) is 0 Å².